The highest BCUT2D eigenvalue weighted by molar-refractivity contribution is 4.97. The van der Waals surface area contributed by atoms with Gasteiger partial charge in [-0.2, -0.15) is 0 Å². The van der Waals surface area contributed by atoms with Crippen LogP contribution in [0, 0.1) is 5.41 Å². The summed E-state index contributed by atoms with van der Waals surface area (Å²) in [5.41, 5.74) is 0.0538. The molecule has 0 aliphatic carbocycles. The lowest BCUT2D eigenvalue weighted by Gasteiger charge is -2.36. The summed E-state index contributed by atoms with van der Waals surface area (Å²) in [6, 6.07) is 0. The van der Waals surface area contributed by atoms with Gasteiger partial charge in [-0.3, -0.25) is 0 Å². The molecule has 64 valence electrons. The van der Waals surface area contributed by atoms with Gasteiger partial charge in [0.05, 0.1) is 12.7 Å². The summed E-state index contributed by atoms with van der Waals surface area (Å²) in [4.78, 5) is 0. The quantitative estimate of drug-likeness (QED) is 0.551. The van der Waals surface area contributed by atoms with Crippen LogP contribution in [0.4, 0.5) is 0 Å². The third-order valence-corrected chi connectivity index (χ3v) is 2.94. The Hall–Kier alpha value is -0.120. The van der Waals surface area contributed by atoms with Crippen molar-refractivity contribution >= 4 is 0 Å². The summed E-state index contributed by atoms with van der Waals surface area (Å²) in [7, 11) is 0. The maximum Gasteiger partial charge on any atom is 0.0789 e. The first kappa shape index (κ1) is 7.53. The van der Waals surface area contributed by atoms with E-state index in [9.17, 15) is 5.11 Å². The fourth-order valence-electron chi connectivity index (χ4n) is 2.15. The van der Waals surface area contributed by atoms with Crippen LogP contribution in [-0.2, 0) is 4.74 Å². The monoisotopic (exact) mass is 157 g/mol. The van der Waals surface area contributed by atoms with Crippen LogP contribution < -0.4 is 5.32 Å². The van der Waals surface area contributed by atoms with E-state index in [-0.39, 0.29) is 18.1 Å². The molecule has 2 heterocycles. The molecule has 2 fully saturated rings. The second-order valence-electron chi connectivity index (χ2n) is 3.61. The lowest BCUT2D eigenvalue weighted by molar-refractivity contribution is -0.0755. The second kappa shape index (κ2) is 2.73. The Morgan fingerprint density at radius 2 is 2.55 bits per heavy atom. The van der Waals surface area contributed by atoms with Crippen LogP contribution in [0.15, 0.2) is 0 Å². The first-order chi connectivity index (χ1) is 5.37. The predicted octanol–water partition coefficient (Wildman–Crippen LogP) is -0.253. The van der Waals surface area contributed by atoms with Crippen LogP contribution in [0.2, 0.25) is 0 Å². The molecular formula is C8H15NO2. The second-order valence-corrected chi connectivity index (χ2v) is 3.61. The first-order valence-corrected chi connectivity index (χ1v) is 4.31. The summed E-state index contributed by atoms with van der Waals surface area (Å²) in [5.74, 6) is 0. The zero-order valence-corrected chi connectivity index (χ0v) is 6.68. The van der Waals surface area contributed by atoms with Crippen molar-refractivity contribution in [1.82, 2.24) is 5.32 Å². The molecule has 0 saturated carbocycles. The number of nitrogens with one attached hydrogen (secondary N) is 1. The summed E-state index contributed by atoms with van der Waals surface area (Å²) in [6.07, 6.45) is 2.47. The number of hydrogen-bond acceptors (Lipinski definition) is 3. The summed E-state index contributed by atoms with van der Waals surface area (Å²) in [6.45, 7) is 2.98. The molecule has 3 heteroatoms. The van der Waals surface area contributed by atoms with Crippen molar-refractivity contribution in [2.45, 2.75) is 18.9 Å². The van der Waals surface area contributed by atoms with E-state index in [1.54, 1.807) is 0 Å². The van der Waals surface area contributed by atoms with Gasteiger partial charge in [0.25, 0.3) is 0 Å². The van der Waals surface area contributed by atoms with Crippen LogP contribution in [0.3, 0.4) is 0 Å². The number of aliphatic hydroxyl groups excluding tert-OH is 1. The maximum atomic E-state index is 9.23. The average Bonchev–Trinajstić information content (AvgIpc) is 2.48. The van der Waals surface area contributed by atoms with E-state index in [0.717, 1.165) is 32.5 Å². The van der Waals surface area contributed by atoms with Gasteiger partial charge in [0.1, 0.15) is 0 Å². The molecule has 2 unspecified atom stereocenters. The summed E-state index contributed by atoms with van der Waals surface area (Å²) < 4.78 is 5.57. The molecule has 2 aliphatic heterocycles. The average molecular weight is 157 g/mol. The number of ether oxygens (including phenoxy) is 1. The van der Waals surface area contributed by atoms with E-state index in [2.05, 4.69) is 5.32 Å². The molecule has 0 aromatic heterocycles. The Balaban J connectivity index is 2.12. The summed E-state index contributed by atoms with van der Waals surface area (Å²) >= 11 is 0. The van der Waals surface area contributed by atoms with E-state index in [4.69, 9.17) is 4.74 Å². The Morgan fingerprint density at radius 3 is 3.27 bits per heavy atom. The molecule has 2 atom stereocenters. The smallest absolute Gasteiger partial charge is 0.0789 e. The summed E-state index contributed by atoms with van der Waals surface area (Å²) in [5, 5.41) is 12.5. The van der Waals surface area contributed by atoms with Gasteiger partial charge in [-0.15, -0.1) is 0 Å². The normalized spacial score (nSPS) is 43.9. The van der Waals surface area contributed by atoms with Gasteiger partial charge >= 0.3 is 0 Å². The van der Waals surface area contributed by atoms with Gasteiger partial charge < -0.3 is 15.2 Å². The largest absolute Gasteiger partial charge is 0.396 e. The SMILES string of the molecule is OCC12CCCOC1CNC2. The number of fused-ring (bicyclic) bond motifs is 1. The van der Waals surface area contributed by atoms with Crippen LogP contribution in [-0.4, -0.2) is 37.5 Å². The van der Waals surface area contributed by atoms with Crippen molar-refractivity contribution < 1.29 is 9.84 Å². The van der Waals surface area contributed by atoms with Crippen LogP contribution in [0.1, 0.15) is 12.8 Å². The lowest BCUT2D eigenvalue weighted by Crippen LogP contribution is -2.43. The van der Waals surface area contributed by atoms with Gasteiger partial charge in [0, 0.05) is 25.1 Å². The minimum Gasteiger partial charge on any atom is -0.396 e. The van der Waals surface area contributed by atoms with Gasteiger partial charge in [-0.25, -0.2) is 0 Å². The standard InChI is InChI=1S/C8H15NO2/c10-6-8-2-1-3-11-7(8)4-9-5-8/h7,9-10H,1-6H2. The molecule has 0 spiro atoms. The van der Waals surface area contributed by atoms with Gasteiger partial charge in [-0.05, 0) is 12.8 Å². The highest BCUT2D eigenvalue weighted by Gasteiger charge is 2.44. The van der Waals surface area contributed by atoms with E-state index in [1.165, 1.54) is 0 Å². The molecule has 0 aromatic carbocycles. The molecular weight excluding hydrogens is 142 g/mol. The van der Waals surface area contributed by atoms with Crippen LogP contribution >= 0.6 is 0 Å². The molecule has 2 saturated heterocycles. The molecule has 2 N–H and O–H groups in total. The number of hydrogen-bond donors (Lipinski definition) is 2. The minimum atomic E-state index is 0.0538. The van der Waals surface area contributed by atoms with Crippen molar-refractivity contribution in [1.29, 1.82) is 0 Å². The highest BCUT2D eigenvalue weighted by Crippen LogP contribution is 2.36. The predicted molar refractivity (Wildman–Crippen MR) is 41.4 cm³/mol. The molecule has 2 rings (SSSR count). The van der Waals surface area contributed by atoms with Gasteiger partial charge in [0.2, 0.25) is 0 Å². The molecule has 0 aromatic rings. The number of aliphatic hydroxyl groups is 1. The lowest BCUT2D eigenvalue weighted by atomic mass is 9.79. The maximum absolute atomic E-state index is 9.23. The van der Waals surface area contributed by atoms with E-state index in [1.807, 2.05) is 0 Å². The Morgan fingerprint density at radius 1 is 1.64 bits per heavy atom. The minimum absolute atomic E-state index is 0.0538. The Kier molecular flexibility index (Phi) is 1.87. The Bertz CT molecular complexity index is 151. The van der Waals surface area contributed by atoms with Gasteiger partial charge in [0.15, 0.2) is 0 Å². The van der Waals surface area contributed by atoms with Gasteiger partial charge in [-0.1, -0.05) is 0 Å². The first-order valence-electron chi connectivity index (χ1n) is 4.31. The molecule has 0 bridgehead atoms. The van der Waals surface area contributed by atoms with E-state index in [0.29, 0.717) is 0 Å². The van der Waals surface area contributed by atoms with Crippen LogP contribution in [0.5, 0.6) is 0 Å². The van der Waals surface area contributed by atoms with Crippen molar-refractivity contribution in [3.8, 4) is 0 Å². The Labute approximate surface area is 66.7 Å². The molecule has 11 heavy (non-hydrogen) atoms. The van der Waals surface area contributed by atoms with Crippen molar-refractivity contribution in [2.24, 2.45) is 5.41 Å². The third-order valence-electron chi connectivity index (χ3n) is 2.94. The molecule has 0 radical (unpaired) electrons. The fourth-order valence-corrected chi connectivity index (χ4v) is 2.15. The zero-order chi connectivity index (χ0) is 7.73. The topological polar surface area (TPSA) is 41.5 Å². The van der Waals surface area contributed by atoms with Crippen molar-refractivity contribution in [2.75, 3.05) is 26.3 Å². The zero-order valence-electron chi connectivity index (χ0n) is 6.68. The van der Waals surface area contributed by atoms with E-state index >= 15 is 0 Å². The molecule has 2 aliphatic rings. The van der Waals surface area contributed by atoms with Crippen molar-refractivity contribution in [3.05, 3.63) is 0 Å². The molecule has 0 amide bonds. The molecule has 3 nitrogen and oxygen atoms in total. The number of rotatable bonds is 1. The highest BCUT2D eigenvalue weighted by atomic mass is 16.5. The fraction of sp³-hybridized carbons (Fsp3) is 1.00. The van der Waals surface area contributed by atoms with Crippen LogP contribution in [0.25, 0.3) is 0 Å². The van der Waals surface area contributed by atoms with E-state index < -0.39 is 0 Å². The third kappa shape index (κ3) is 1.08. The van der Waals surface area contributed by atoms with Crippen molar-refractivity contribution in [3.63, 3.8) is 0 Å².